The third-order valence-corrected chi connectivity index (χ3v) is 0.940. The molecule has 10 heavy (non-hydrogen) atoms. The Bertz CT molecular complexity index is 123. The molecule has 3 heteroatoms. The molecule has 2 nitrogen and oxygen atoms in total. The van der Waals surface area contributed by atoms with Crippen LogP contribution in [-0.4, -0.2) is 19.3 Å². The second-order valence-corrected chi connectivity index (χ2v) is 2.09. The molecule has 0 aromatic heterocycles. The Hall–Kier alpha value is -0.860. The van der Waals surface area contributed by atoms with Gasteiger partial charge >= 0.3 is 5.97 Å². The molecule has 0 radical (unpaired) electrons. The van der Waals surface area contributed by atoms with E-state index in [-0.39, 0.29) is 12.5 Å². The van der Waals surface area contributed by atoms with E-state index < -0.39 is 12.6 Å². The minimum absolute atomic E-state index is 0.126. The fourth-order valence-electron chi connectivity index (χ4n) is 0.328. The number of carbonyl (C=O) groups is 1. The number of ether oxygens (including phenoxy) is 1. The zero-order chi connectivity index (χ0) is 7.98. The first-order valence-electron chi connectivity index (χ1n) is 3.05. The van der Waals surface area contributed by atoms with Crippen LogP contribution >= 0.6 is 0 Å². The average Bonchev–Trinajstić information content (AvgIpc) is 1.99. The van der Waals surface area contributed by atoms with Gasteiger partial charge in [0.05, 0.1) is 13.3 Å². The molecule has 58 valence electrons. The summed E-state index contributed by atoms with van der Waals surface area (Å²) in [5.41, 5.74) is 0. The lowest BCUT2D eigenvalue weighted by atomic mass is 10.2. The summed E-state index contributed by atoms with van der Waals surface area (Å²) in [4.78, 5) is 10.4. The molecular formula is C7H11FO2. The lowest BCUT2D eigenvalue weighted by Crippen LogP contribution is -2.10. The summed E-state index contributed by atoms with van der Waals surface area (Å²) in [6.07, 6.45) is 1.06. The summed E-state index contributed by atoms with van der Waals surface area (Å²) >= 11 is 0. The van der Waals surface area contributed by atoms with Gasteiger partial charge in [-0.3, -0.25) is 4.39 Å². The molecule has 0 saturated heterocycles. The highest BCUT2D eigenvalue weighted by Crippen LogP contribution is 1.96. The molecule has 0 saturated carbocycles. The summed E-state index contributed by atoms with van der Waals surface area (Å²) in [6, 6.07) is 0. The van der Waals surface area contributed by atoms with Crippen LogP contribution in [0.3, 0.4) is 0 Å². The first-order chi connectivity index (χ1) is 4.70. The van der Waals surface area contributed by atoms with Crippen molar-refractivity contribution in [3.8, 4) is 0 Å². The van der Waals surface area contributed by atoms with Crippen LogP contribution in [0.2, 0.25) is 0 Å². The lowest BCUT2D eigenvalue weighted by Gasteiger charge is -2.04. The van der Waals surface area contributed by atoms with E-state index in [1.807, 2.05) is 0 Å². The lowest BCUT2D eigenvalue weighted by molar-refractivity contribution is -0.139. The van der Waals surface area contributed by atoms with Crippen LogP contribution in [0.15, 0.2) is 12.7 Å². The molecule has 0 bridgehead atoms. The van der Waals surface area contributed by atoms with Crippen molar-refractivity contribution in [2.75, 3.05) is 13.3 Å². The third kappa shape index (κ3) is 4.06. The van der Waals surface area contributed by atoms with Crippen molar-refractivity contribution in [3.63, 3.8) is 0 Å². The van der Waals surface area contributed by atoms with Gasteiger partial charge in [0.15, 0.2) is 0 Å². The number of carbonyl (C=O) groups excluding carboxylic acids is 1. The largest absolute Gasteiger partial charge is 0.462 e. The maximum atomic E-state index is 11.7. The van der Waals surface area contributed by atoms with E-state index in [2.05, 4.69) is 11.3 Å². The van der Waals surface area contributed by atoms with Crippen molar-refractivity contribution in [2.45, 2.75) is 6.92 Å². The Morgan fingerprint density at radius 3 is 2.90 bits per heavy atom. The predicted molar refractivity (Wildman–Crippen MR) is 36.3 cm³/mol. The van der Waals surface area contributed by atoms with Crippen LogP contribution in [-0.2, 0) is 9.53 Å². The van der Waals surface area contributed by atoms with Gasteiger partial charge < -0.3 is 4.74 Å². The SMILES string of the molecule is C=CC(=O)OCC(C)CF. The molecule has 0 rings (SSSR count). The van der Waals surface area contributed by atoms with Gasteiger partial charge in [-0.15, -0.1) is 0 Å². The van der Waals surface area contributed by atoms with E-state index in [0.29, 0.717) is 0 Å². The first-order valence-corrected chi connectivity index (χ1v) is 3.05. The highest BCUT2D eigenvalue weighted by atomic mass is 19.1. The molecule has 0 aliphatic rings. The number of halogens is 1. The Morgan fingerprint density at radius 2 is 2.50 bits per heavy atom. The molecule has 1 atom stereocenters. The van der Waals surface area contributed by atoms with Crippen molar-refractivity contribution in [1.82, 2.24) is 0 Å². The van der Waals surface area contributed by atoms with E-state index in [9.17, 15) is 9.18 Å². The molecule has 1 unspecified atom stereocenters. The molecule has 0 N–H and O–H groups in total. The van der Waals surface area contributed by atoms with Crippen molar-refractivity contribution < 1.29 is 13.9 Å². The van der Waals surface area contributed by atoms with Gasteiger partial charge in [0.1, 0.15) is 0 Å². The first kappa shape index (κ1) is 9.14. The number of alkyl halides is 1. The maximum Gasteiger partial charge on any atom is 0.330 e. The van der Waals surface area contributed by atoms with E-state index in [0.717, 1.165) is 6.08 Å². The number of esters is 1. The van der Waals surface area contributed by atoms with Gasteiger partial charge in [-0.2, -0.15) is 0 Å². The minimum Gasteiger partial charge on any atom is -0.462 e. The highest BCUT2D eigenvalue weighted by Gasteiger charge is 2.02. The number of rotatable bonds is 4. The van der Waals surface area contributed by atoms with Gasteiger partial charge in [0.25, 0.3) is 0 Å². The van der Waals surface area contributed by atoms with Crippen LogP contribution in [0.25, 0.3) is 0 Å². The normalized spacial score (nSPS) is 12.2. The quantitative estimate of drug-likeness (QED) is 0.441. The maximum absolute atomic E-state index is 11.7. The molecule has 0 amide bonds. The van der Waals surface area contributed by atoms with Gasteiger partial charge in [0, 0.05) is 12.0 Å². The number of hydrogen-bond donors (Lipinski definition) is 0. The van der Waals surface area contributed by atoms with Gasteiger partial charge in [-0.05, 0) is 0 Å². The van der Waals surface area contributed by atoms with Crippen LogP contribution in [0.5, 0.6) is 0 Å². The Labute approximate surface area is 59.7 Å². The van der Waals surface area contributed by atoms with Gasteiger partial charge in [0.2, 0.25) is 0 Å². The minimum atomic E-state index is -0.500. The third-order valence-electron chi connectivity index (χ3n) is 0.940. The summed E-state index contributed by atoms with van der Waals surface area (Å²) in [6.45, 7) is 4.52. The van der Waals surface area contributed by atoms with Crippen molar-refractivity contribution in [2.24, 2.45) is 5.92 Å². The van der Waals surface area contributed by atoms with E-state index >= 15 is 0 Å². The van der Waals surface area contributed by atoms with Gasteiger partial charge in [-0.25, -0.2) is 4.79 Å². The molecule has 0 aliphatic carbocycles. The van der Waals surface area contributed by atoms with Crippen LogP contribution in [0.1, 0.15) is 6.92 Å². The predicted octanol–water partition coefficient (Wildman–Crippen LogP) is 1.32. The Kier molecular flexibility index (Phi) is 4.54. The van der Waals surface area contributed by atoms with Crippen molar-refractivity contribution in [1.29, 1.82) is 0 Å². The molecule has 0 aromatic carbocycles. The fourth-order valence-corrected chi connectivity index (χ4v) is 0.328. The zero-order valence-electron chi connectivity index (χ0n) is 5.97. The Morgan fingerprint density at radius 1 is 1.90 bits per heavy atom. The molecule has 0 spiro atoms. The summed E-state index contributed by atoms with van der Waals surface area (Å²) < 4.78 is 16.3. The summed E-state index contributed by atoms with van der Waals surface area (Å²) in [5.74, 6) is -0.718. The highest BCUT2D eigenvalue weighted by molar-refractivity contribution is 5.81. The monoisotopic (exact) mass is 146 g/mol. The molecule has 0 heterocycles. The standard InChI is InChI=1S/C7H11FO2/c1-3-7(9)10-5-6(2)4-8/h3,6H,1,4-5H2,2H3. The topological polar surface area (TPSA) is 26.3 Å². The fraction of sp³-hybridized carbons (Fsp3) is 0.571. The molecule has 0 aliphatic heterocycles. The van der Waals surface area contributed by atoms with E-state index in [1.54, 1.807) is 6.92 Å². The summed E-state index contributed by atoms with van der Waals surface area (Å²) in [7, 11) is 0. The van der Waals surface area contributed by atoms with Crippen LogP contribution in [0, 0.1) is 5.92 Å². The second kappa shape index (κ2) is 4.97. The van der Waals surface area contributed by atoms with Crippen LogP contribution in [0.4, 0.5) is 4.39 Å². The smallest absolute Gasteiger partial charge is 0.330 e. The molecular weight excluding hydrogens is 135 g/mol. The molecule has 0 aromatic rings. The second-order valence-electron chi connectivity index (χ2n) is 2.09. The Balaban J connectivity index is 3.34. The zero-order valence-corrected chi connectivity index (χ0v) is 5.97. The van der Waals surface area contributed by atoms with Crippen LogP contribution < -0.4 is 0 Å². The van der Waals surface area contributed by atoms with Crippen molar-refractivity contribution in [3.05, 3.63) is 12.7 Å². The van der Waals surface area contributed by atoms with Gasteiger partial charge in [-0.1, -0.05) is 13.5 Å². The summed E-state index contributed by atoms with van der Waals surface area (Å²) in [5, 5.41) is 0. The van der Waals surface area contributed by atoms with Crippen molar-refractivity contribution >= 4 is 5.97 Å². The molecule has 0 fully saturated rings. The van der Waals surface area contributed by atoms with E-state index in [4.69, 9.17) is 0 Å². The number of hydrogen-bond acceptors (Lipinski definition) is 2. The van der Waals surface area contributed by atoms with E-state index in [1.165, 1.54) is 0 Å². The average molecular weight is 146 g/mol.